The molecule has 1 atom stereocenters. The van der Waals surface area contributed by atoms with Gasteiger partial charge in [-0.2, -0.15) is 0 Å². The predicted molar refractivity (Wildman–Crippen MR) is 65.8 cm³/mol. The predicted octanol–water partition coefficient (Wildman–Crippen LogP) is -0.0383. The van der Waals surface area contributed by atoms with E-state index < -0.39 is 31.0 Å². The molecule has 0 aromatic carbocycles. The van der Waals surface area contributed by atoms with E-state index in [0.29, 0.717) is 6.42 Å². The van der Waals surface area contributed by atoms with Gasteiger partial charge in [-0.3, -0.25) is 0 Å². The van der Waals surface area contributed by atoms with E-state index in [9.17, 15) is 16.8 Å². The molecule has 0 aromatic heterocycles. The Labute approximate surface area is 98.2 Å². The summed E-state index contributed by atoms with van der Waals surface area (Å²) in [5, 5.41) is -0.539. The third-order valence-electron chi connectivity index (χ3n) is 2.39. The first kappa shape index (κ1) is 15.9. The minimum atomic E-state index is -3.36. The van der Waals surface area contributed by atoms with Crippen LogP contribution in [0.2, 0.25) is 0 Å². The molecule has 16 heavy (non-hydrogen) atoms. The molecule has 0 aliphatic carbocycles. The Balaban J connectivity index is 4.42. The van der Waals surface area contributed by atoms with Crippen molar-refractivity contribution < 1.29 is 16.8 Å². The van der Waals surface area contributed by atoms with Gasteiger partial charge in [-0.25, -0.2) is 16.8 Å². The molecule has 5 nitrogen and oxygen atoms in total. The quantitative estimate of drug-likeness (QED) is 0.701. The molecule has 0 bridgehead atoms. The number of nitrogens with two attached hydrogens (primary N) is 1. The minimum absolute atomic E-state index is 0.142. The number of sulfone groups is 2. The van der Waals surface area contributed by atoms with Gasteiger partial charge in [0, 0.05) is 6.04 Å². The number of hydrogen-bond acceptors (Lipinski definition) is 5. The summed E-state index contributed by atoms with van der Waals surface area (Å²) in [6.45, 7) is 4.88. The molecule has 0 fully saturated rings. The van der Waals surface area contributed by atoms with Crippen molar-refractivity contribution in [3.05, 3.63) is 0 Å². The molecule has 98 valence electrons. The smallest absolute Gasteiger partial charge is 0.153 e. The normalized spacial score (nSPS) is 15.3. The van der Waals surface area contributed by atoms with E-state index >= 15 is 0 Å². The lowest BCUT2D eigenvalue weighted by molar-refractivity contribution is 0.577. The van der Waals surface area contributed by atoms with Crippen LogP contribution >= 0.6 is 0 Å². The zero-order chi connectivity index (χ0) is 13.0. The molecule has 0 aliphatic heterocycles. The van der Waals surface area contributed by atoms with E-state index in [1.807, 2.05) is 0 Å². The van der Waals surface area contributed by atoms with Crippen molar-refractivity contribution >= 4 is 19.7 Å². The standard InChI is InChI=1S/C9H21NO4S2/c1-4-9(10)7-15(11,12)5-6-16(13,14)8(2)3/h8-9H,4-7,10H2,1-3H3. The summed E-state index contributed by atoms with van der Waals surface area (Å²) in [5.74, 6) is -0.790. The highest BCUT2D eigenvalue weighted by atomic mass is 32.2. The molecule has 0 aromatic rings. The lowest BCUT2D eigenvalue weighted by Crippen LogP contribution is -2.32. The highest BCUT2D eigenvalue weighted by molar-refractivity contribution is 7.95. The van der Waals surface area contributed by atoms with E-state index in [2.05, 4.69) is 0 Å². The Kier molecular flexibility index (Phi) is 5.92. The molecule has 1 unspecified atom stereocenters. The second-order valence-corrected chi connectivity index (χ2v) is 9.10. The summed E-state index contributed by atoms with van der Waals surface area (Å²) in [4.78, 5) is 0. The molecule has 0 saturated carbocycles. The van der Waals surface area contributed by atoms with E-state index in [0.717, 1.165) is 0 Å². The summed E-state index contributed by atoms with van der Waals surface area (Å²) >= 11 is 0. The maximum atomic E-state index is 11.5. The largest absolute Gasteiger partial charge is 0.327 e. The minimum Gasteiger partial charge on any atom is -0.327 e. The van der Waals surface area contributed by atoms with Crippen molar-refractivity contribution in [2.75, 3.05) is 17.3 Å². The fourth-order valence-corrected chi connectivity index (χ4v) is 4.48. The molecule has 0 spiro atoms. The van der Waals surface area contributed by atoms with Crippen LogP contribution in [0.1, 0.15) is 27.2 Å². The van der Waals surface area contributed by atoms with E-state index in [1.165, 1.54) is 0 Å². The monoisotopic (exact) mass is 271 g/mol. The third kappa shape index (κ3) is 5.81. The third-order valence-corrected chi connectivity index (χ3v) is 6.62. The lowest BCUT2D eigenvalue weighted by Gasteiger charge is -2.11. The Bertz CT molecular complexity index is 397. The molecule has 0 saturated heterocycles. The fourth-order valence-electron chi connectivity index (χ4n) is 1.01. The first-order valence-electron chi connectivity index (χ1n) is 5.28. The van der Waals surface area contributed by atoms with Crippen LogP contribution in [0.3, 0.4) is 0 Å². The van der Waals surface area contributed by atoms with Crippen molar-refractivity contribution in [3.8, 4) is 0 Å². The summed E-state index contributed by atoms with van der Waals surface area (Å²) in [6, 6.07) is -0.410. The van der Waals surface area contributed by atoms with Crippen LogP contribution in [-0.4, -0.2) is 45.4 Å². The Morgan fingerprint density at radius 1 is 1.06 bits per heavy atom. The van der Waals surface area contributed by atoms with E-state index in [-0.39, 0.29) is 17.3 Å². The van der Waals surface area contributed by atoms with Crippen molar-refractivity contribution in [2.45, 2.75) is 38.5 Å². The highest BCUT2D eigenvalue weighted by Crippen LogP contribution is 2.04. The van der Waals surface area contributed by atoms with Gasteiger partial charge in [-0.05, 0) is 20.3 Å². The van der Waals surface area contributed by atoms with Crippen LogP contribution in [0.5, 0.6) is 0 Å². The molecule has 2 N–H and O–H groups in total. The molecule has 7 heteroatoms. The molecule has 0 heterocycles. The van der Waals surface area contributed by atoms with Gasteiger partial charge in [0.15, 0.2) is 19.7 Å². The molecule has 0 amide bonds. The zero-order valence-electron chi connectivity index (χ0n) is 10.0. The van der Waals surface area contributed by atoms with Crippen LogP contribution in [0, 0.1) is 0 Å². The second kappa shape index (κ2) is 5.97. The summed E-state index contributed by atoms with van der Waals surface area (Å²) < 4.78 is 45.9. The maximum absolute atomic E-state index is 11.5. The van der Waals surface area contributed by atoms with Gasteiger partial charge in [0.05, 0.1) is 22.5 Å². The van der Waals surface area contributed by atoms with Gasteiger partial charge in [-0.15, -0.1) is 0 Å². The van der Waals surface area contributed by atoms with Gasteiger partial charge in [0.25, 0.3) is 0 Å². The van der Waals surface area contributed by atoms with Crippen LogP contribution in [-0.2, 0) is 19.7 Å². The van der Waals surface area contributed by atoms with Crippen molar-refractivity contribution in [1.82, 2.24) is 0 Å². The van der Waals surface area contributed by atoms with Gasteiger partial charge in [0.2, 0.25) is 0 Å². The molecule has 0 radical (unpaired) electrons. The van der Waals surface area contributed by atoms with Crippen molar-refractivity contribution in [1.29, 1.82) is 0 Å². The average Bonchev–Trinajstić information content (AvgIpc) is 2.14. The fraction of sp³-hybridized carbons (Fsp3) is 1.00. The van der Waals surface area contributed by atoms with Crippen LogP contribution in [0.4, 0.5) is 0 Å². The first-order valence-corrected chi connectivity index (χ1v) is 8.82. The Hall–Kier alpha value is -0.140. The Morgan fingerprint density at radius 3 is 1.94 bits per heavy atom. The van der Waals surface area contributed by atoms with Gasteiger partial charge >= 0.3 is 0 Å². The SMILES string of the molecule is CCC(N)CS(=O)(=O)CCS(=O)(=O)C(C)C. The van der Waals surface area contributed by atoms with Gasteiger partial charge in [-0.1, -0.05) is 6.92 Å². The van der Waals surface area contributed by atoms with Crippen LogP contribution in [0.15, 0.2) is 0 Å². The van der Waals surface area contributed by atoms with Crippen LogP contribution < -0.4 is 5.73 Å². The van der Waals surface area contributed by atoms with E-state index in [4.69, 9.17) is 5.73 Å². The molecule has 0 aliphatic rings. The van der Waals surface area contributed by atoms with Gasteiger partial charge < -0.3 is 5.73 Å². The zero-order valence-corrected chi connectivity index (χ0v) is 11.6. The van der Waals surface area contributed by atoms with E-state index in [1.54, 1.807) is 20.8 Å². The van der Waals surface area contributed by atoms with Crippen molar-refractivity contribution in [2.24, 2.45) is 5.73 Å². The van der Waals surface area contributed by atoms with Crippen LogP contribution in [0.25, 0.3) is 0 Å². The molecular formula is C9H21NO4S2. The topological polar surface area (TPSA) is 94.3 Å². The average molecular weight is 271 g/mol. The Morgan fingerprint density at radius 2 is 1.56 bits per heavy atom. The first-order chi connectivity index (χ1) is 7.10. The maximum Gasteiger partial charge on any atom is 0.153 e. The summed E-state index contributed by atoms with van der Waals surface area (Å²) in [5.41, 5.74) is 5.53. The van der Waals surface area contributed by atoms with Gasteiger partial charge in [0.1, 0.15) is 0 Å². The summed E-state index contributed by atoms with van der Waals surface area (Å²) in [7, 11) is -6.66. The summed E-state index contributed by atoms with van der Waals surface area (Å²) in [6.07, 6.45) is 0.566. The molecule has 0 rings (SSSR count). The molecular weight excluding hydrogens is 250 g/mol. The lowest BCUT2D eigenvalue weighted by atomic mass is 10.3. The second-order valence-electron chi connectivity index (χ2n) is 4.20. The highest BCUT2D eigenvalue weighted by Gasteiger charge is 2.22. The number of hydrogen-bond donors (Lipinski definition) is 1. The van der Waals surface area contributed by atoms with Crippen molar-refractivity contribution in [3.63, 3.8) is 0 Å². The number of rotatable bonds is 7.